The molecule has 0 radical (unpaired) electrons. The van der Waals surface area contributed by atoms with Gasteiger partial charge in [0.05, 0.1) is 17.8 Å². The fraction of sp³-hybridized carbons (Fsp3) is 0.222. The van der Waals surface area contributed by atoms with E-state index in [1.54, 1.807) is 30.5 Å². The van der Waals surface area contributed by atoms with Gasteiger partial charge in [0.15, 0.2) is 6.61 Å². The third-order valence-corrected chi connectivity index (χ3v) is 3.24. The van der Waals surface area contributed by atoms with Crippen LogP contribution in [0.4, 0.5) is 0 Å². The lowest BCUT2D eigenvalue weighted by atomic mass is 10.2. The van der Waals surface area contributed by atoms with Crippen LogP contribution in [0.2, 0.25) is 5.02 Å². The van der Waals surface area contributed by atoms with Crippen molar-refractivity contribution in [2.75, 3.05) is 13.2 Å². The number of amides is 1. The van der Waals surface area contributed by atoms with E-state index in [0.29, 0.717) is 17.4 Å². The number of carbonyl (C=O) groups excluding carboxylic acids is 1. The average Bonchev–Trinajstić information content (AvgIpc) is 2.60. The molecular weight excluding hydrogens is 328 g/mol. The second-order valence-corrected chi connectivity index (χ2v) is 5.34. The second kappa shape index (κ2) is 9.57. The second-order valence-electron chi connectivity index (χ2n) is 4.93. The van der Waals surface area contributed by atoms with Crippen LogP contribution in [-0.2, 0) is 4.79 Å². The Balaban J connectivity index is 1.81. The molecule has 0 atom stereocenters. The van der Waals surface area contributed by atoms with Gasteiger partial charge in [-0.05, 0) is 36.2 Å². The summed E-state index contributed by atoms with van der Waals surface area (Å²) in [6.45, 7) is 2.54. The third kappa shape index (κ3) is 5.93. The molecule has 2 aromatic carbocycles. The molecule has 0 fully saturated rings. The number of para-hydroxylation sites is 1. The van der Waals surface area contributed by atoms with Gasteiger partial charge in [-0.1, -0.05) is 42.8 Å². The van der Waals surface area contributed by atoms with Crippen molar-refractivity contribution < 1.29 is 14.3 Å². The maximum absolute atomic E-state index is 11.7. The van der Waals surface area contributed by atoms with Gasteiger partial charge < -0.3 is 9.47 Å². The molecular formula is C18H19ClN2O3. The average molecular weight is 347 g/mol. The minimum Gasteiger partial charge on any atom is -0.494 e. The Hall–Kier alpha value is -2.53. The molecule has 1 N–H and O–H groups in total. The van der Waals surface area contributed by atoms with E-state index in [9.17, 15) is 4.79 Å². The quantitative estimate of drug-likeness (QED) is 0.586. The van der Waals surface area contributed by atoms with Crippen LogP contribution >= 0.6 is 11.6 Å². The largest absolute Gasteiger partial charge is 0.494 e. The molecule has 2 aromatic rings. The first-order chi connectivity index (χ1) is 11.7. The molecule has 0 aliphatic rings. The highest BCUT2D eigenvalue weighted by Gasteiger charge is 2.04. The van der Waals surface area contributed by atoms with Crippen molar-refractivity contribution in [2.24, 2.45) is 5.10 Å². The Morgan fingerprint density at radius 3 is 2.83 bits per heavy atom. The lowest BCUT2D eigenvalue weighted by Crippen LogP contribution is -2.24. The summed E-state index contributed by atoms with van der Waals surface area (Å²) in [6.07, 6.45) is 2.49. The molecule has 24 heavy (non-hydrogen) atoms. The number of nitrogens with one attached hydrogen (secondary N) is 1. The Kier molecular flexibility index (Phi) is 7.11. The van der Waals surface area contributed by atoms with Crippen molar-refractivity contribution in [2.45, 2.75) is 13.3 Å². The number of ether oxygens (including phenoxy) is 2. The molecule has 5 nitrogen and oxygen atoms in total. The van der Waals surface area contributed by atoms with Crippen molar-refractivity contribution in [3.63, 3.8) is 0 Å². The minimum atomic E-state index is -0.371. The molecule has 126 valence electrons. The van der Waals surface area contributed by atoms with Gasteiger partial charge in [-0.2, -0.15) is 5.10 Å². The van der Waals surface area contributed by atoms with Crippen molar-refractivity contribution in [1.29, 1.82) is 0 Å². The van der Waals surface area contributed by atoms with E-state index in [-0.39, 0.29) is 12.5 Å². The summed E-state index contributed by atoms with van der Waals surface area (Å²) in [6, 6.07) is 14.4. The Bertz CT molecular complexity index is 704. The van der Waals surface area contributed by atoms with E-state index >= 15 is 0 Å². The normalized spacial score (nSPS) is 10.6. The monoisotopic (exact) mass is 346 g/mol. The lowest BCUT2D eigenvalue weighted by molar-refractivity contribution is -0.123. The first-order valence-electron chi connectivity index (χ1n) is 7.61. The van der Waals surface area contributed by atoms with Gasteiger partial charge >= 0.3 is 0 Å². The van der Waals surface area contributed by atoms with Gasteiger partial charge in [0, 0.05) is 0 Å². The summed E-state index contributed by atoms with van der Waals surface area (Å²) in [5.74, 6) is 0.859. The van der Waals surface area contributed by atoms with E-state index in [2.05, 4.69) is 10.5 Å². The number of rotatable bonds is 8. The minimum absolute atomic E-state index is 0.166. The summed E-state index contributed by atoms with van der Waals surface area (Å²) < 4.78 is 10.9. The lowest BCUT2D eigenvalue weighted by Gasteiger charge is -2.06. The standard InChI is InChI=1S/C18H19ClN2O3/c1-2-10-23-15-7-5-6-14(11-15)12-20-21-18(22)13-24-17-9-4-3-8-16(17)19/h3-9,11-12H,2,10,13H2,1H3,(H,21,22)/b20-12-. The molecule has 2 rings (SSSR count). The summed E-state index contributed by atoms with van der Waals surface area (Å²) in [4.78, 5) is 11.7. The molecule has 0 bridgehead atoms. The first kappa shape index (κ1) is 17.8. The molecule has 0 aliphatic carbocycles. The van der Waals surface area contributed by atoms with Crippen molar-refractivity contribution in [3.05, 3.63) is 59.1 Å². The molecule has 0 saturated heterocycles. The fourth-order valence-corrected chi connectivity index (χ4v) is 2.01. The predicted molar refractivity (Wildman–Crippen MR) is 94.9 cm³/mol. The Morgan fingerprint density at radius 1 is 1.21 bits per heavy atom. The van der Waals surface area contributed by atoms with E-state index in [1.807, 2.05) is 31.2 Å². The Labute approximate surface area is 146 Å². The van der Waals surface area contributed by atoms with Crippen molar-refractivity contribution in [3.8, 4) is 11.5 Å². The number of halogens is 1. The van der Waals surface area contributed by atoms with E-state index < -0.39 is 0 Å². The summed E-state index contributed by atoms with van der Waals surface area (Å²) in [5, 5.41) is 4.36. The molecule has 0 heterocycles. The van der Waals surface area contributed by atoms with Crippen LogP contribution in [0.25, 0.3) is 0 Å². The number of hydrazone groups is 1. The molecule has 0 aliphatic heterocycles. The Morgan fingerprint density at radius 2 is 2.04 bits per heavy atom. The zero-order chi connectivity index (χ0) is 17.2. The van der Waals surface area contributed by atoms with Gasteiger partial charge in [-0.15, -0.1) is 0 Å². The molecule has 0 unspecified atom stereocenters. The zero-order valence-electron chi connectivity index (χ0n) is 13.4. The number of benzene rings is 2. The molecule has 0 aromatic heterocycles. The van der Waals surface area contributed by atoms with Crippen LogP contribution < -0.4 is 14.9 Å². The fourth-order valence-electron chi connectivity index (χ4n) is 1.82. The van der Waals surface area contributed by atoms with Gasteiger partial charge in [0.1, 0.15) is 11.5 Å². The van der Waals surface area contributed by atoms with Crippen LogP contribution in [0.3, 0.4) is 0 Å². The van der Waals surface area contributed by atoms with E-state index in [4.69, 9.17) is 21.1 Å². The topological polar surface area (TPSA) is 59.9 Å². The maximum atomic E-state index is 11.7. The highest BCUT2D eigenvalue weighted by molar-refractivity contribution is 6.32. The third-order valence-electron chi connectivity index (χ3n) is 2.93. The van der Waals surface area contributed by atoms with Gasteiger partial charge in [-0.3, -0.25) is 4.79 Å². The maximum Gasteiger partial charge on any atom is 0.277 e. The van der Waals surface area contributed by atoms with Gasteiger partial charge in [-0.25, -0.2) is 5.43 Å². The zero-order valence-corrected chi connectivity index (χ0v) is 14.1. The van der Waals surface area contributed by atoms with Crippen LogP contribution in [0, 0.1) is 0 Å². The van der Waals surface area contributed by atoms with Gasteiger partial charge in [0.2, 0.25) is 0 Å². The number of nitrogens with zero attached hydrogens (tertiary/aromatic N) is 1. The smallest absolute Gasteiger partial charge is 0.277 e. The van der Waals surface area contributed by atoms with Crippen molar-refractivity contribution in [1.82, 2.24) is 5.43 Å². The van der Waals surface area contributed by atoms with E-state index in [0.717, 1.165) is 17.7 Å². The van der Waals surface area contributed by atoms with Crippen LogP contribution in [0.5, 0.6) is 11.5 Å². The van der Waals surface area contributed by atoms with E-state index in [1.165, 1.54) is 0 Å². The van der Waals surface area contributed by atoms with Gasteiger partial charge in [0.25, 0.3) is 5.91 Å². The van der Waals surface area contributed by atoms with Crippen LogP contribution in [-0.4, -0.2) is 25.3 Å². The highest BCUT2D eigenvalue weighted by atomic mass is 35.5. The predicted octanol–water partition coefficient (Wildman–Crippen LogP) is 3.66. The van der Waals surface area contributed by atoms with Crippen LogP contribution in [0.1, 0.15) is 18.9 Å². The molecule has 1 amide bonds. The van der Waals surface area contributed by atoms with Crippen molar-refractivity contribution >= 4 is 23.7 Å². The summed E-state index contributed by atoms with van der Waals surface area (Å²) >= 11 is 5.94. The summed E-state index contributed by atoms with van der Waals surface area (Å²) in [7, 11) is 0. The summed E-state index contributed by atoms with van der Waals surface area (Å²) in [5.41, 5.74) is 3.23. The number of hydrogen-bond acceptors (Lipinski definition) is 4. The number of hydrogen-bond donors (Lipinski definition) is 1. The van der Waals surface area contributed by atoms with Crippen LogP contribution in [0.15, 0.2) is 53.6 Å². The number of carbonyl (C=O) groups is 1. The molecule has 6 heteroatoms. The molecule has 0 spiro atoms. The molecule has 0 saturated carbocycles. The SMILES string of the molecule is CCCOc1cccc(/C=N\NC(=O)COc2ccccc2Cl)c1. The highest BCUT2D eigenvalue weighted by Crippen LogP contribution is 2.22. The first-order valence-corrected chi connectivity index (χ1v) is 7.99.